The SMILES string of the molecule is N/C(C=Cc1cc(C(F)(F)F)cc(C(F)(F)F)c1)=N\OC(=O)c1ccc(Cl)cc1. The van der Waals surface area contributed by atoms with Crippen molar-refractivity contribution in [2.45, 2.75) is 12.4 Å². The number of oxime groups is 1. The lowest BCUT2D eigenvalue weighted by Gasteiger charge is -2.12. The topological polar surface area (TPSA) is 64.7 Å². The number of carbonyl (C=O) groups is 1. The second-order valence-corrected chi connectivity index (χ2v) is 6.01. The first-order valence-electron chi connectivity index (χ1n) is 7.64. The number of rotatable bonds is 4. The van der Waals surface area contributed by atoms with Gasteiger partial charge in [0, 0.05) is 5.02 Å². The third-order valence-electron chi connectivity index (χ3n) is 3.37. The van der Waals surface area contributed by atoms with Crippen LogP contribution in [0.4, 0.5) is 26.3 Å². The molecule has 2 aromatic carbocycles. The number of alkyl halides is 6. The van der Waals surface area contributed by atoms with Crippen LogP contribution in [-0.4, -0.2) is 11.8 Å². The molecule has 0 amide bonds. The molecule has 0 unspecified atom stereocenters. The quantitative estimate of drug-likeness (QED) is 0.226. The highest BCUT2D eigenvalue weighted by molar-refractivity contribution is 6.30. The van der Waals surface area contributed by atoms with Gasteiger partial charge in [0.15, 0.2) is 5.84 Å². The molecule has 0 heterocycles. The van der Waals surface area contributed by atoms with Gasteiger partial charge in [0.25, 0.3) is 0 Å². The summed E-state index contributed by atoms with van der Waals surface area (Å²) in [4.78, 5) is 16.3. The molecule has 2 aromatic rings. The fraction of sp³-hybridized carbons (Fsp3) is 0.111. The van der Waals surface area contributed by atoms with E-state index in [2.05, 4.69) is 9.99 Å². The van der Waals surface area contributed by atoms with Crippen LogP contribution in [0, 0.1) is 0 Å². The Hall–Kier alpha value is -3.01. The van der Waals surface area contributed by atoms with Gasteiger partial charge in [0.2, 0.25) is 0 Å². The first kappa shape index (κ1) is 22.3. The van der Waals surface area contributed by atoms with Crippen molar-refractivity contribution in [2.24, 2.45) is 10.9 Å². The Balaban J connectivity index is 2.20. The van der Waals surface area contributed by atoms with Crippen molar-refractivity contribution < 1.29 is 36.0 Å². The highest BCUT2D eigenvalue weighted by Crippen LogP contribution is 2.36. The van der Waals surface area contributed by atoms with E-state index in [1.807, 2.05) is 0 Å². The Labute approximate surface area is 165 Å². The zero-order valence-electron chi connectivity index (χ0n) is 14.2. The Morgan fingerprint density at radius 2 is 1.48 bits per heavy atom. The van der Waals surface area contributed by atoms with E-state index < -0.39 is 40.8 Å². The zero-order valence-corrected chi connectivity index (χ0v) is 14.9. The molecule has 154 valence electrons. The molecule has 0 saturated carbocycles. The highest BCUT2D eigenvalue weighted by Gasteiger charge is 2.36. The molecule has 0 fully saturated rings. The molecule has 4 nitrogen and oxygen atoms in total. The van der Waals surface area contributed by atoms with Crippen molar-refractivity contribution in [3.63, 3.8) is 0 Å². The molecule has 2 N–H and O–H groups in total. The maximum absolute atomic E-state index is 12.8. The number of amidine groups is 1. The van der Waals surface area contributed by atoms with Crippen LogP contribution in [0.3, 0.4) is 0 Å². The molecule has 0 aliphatic rings. The summed E-state index contributed by atoms with van der Waals surface area (Å²) in [6.45, 7) is 0. The lowest BCUT2D eigenvalue weighted by molar-refractivity contribution is -0.143. The lowest BCUT2D eigenvalue weighted by atomic mass is 10.0. The molecule has 0 atom stereocenters. The fourth-order valence-electron chi connectivity index (χ4n) is 2.02. The van der Waals surface area contributed by atoms with Crippen molar-refractivity contribution in [1.82, 2.24) is 0 Å². The van der Waals surface area contributed by atoms with Crippen LogP contribution < -0.4 is 5.73 Å². The summed E-state index contributed by atoms with van der Waals surface area (Å²) in [6.07, 6.45) is -8.18. The molecule has 2 rings (SSSR count). The molecule has 0 aromatic heterocycles. The summed E-state index contributed by atoms with van der Waals surface area (Å²) in [5.41, 5.74) is 2.17. The Morgan fingerprint density at radius 3 is 1.97 bits per heavy atom. The largest absolute Gasteiger partial charge is 0.416 e. The summed E-state index contributed by atoms with van der Waals surface area (Å²) in [5, 5.41) is 3.64. The van der Waals surface area contributed by atoms with Crippen molar-refractivity contribution >= 4 is 29.5 Å². The smallest absolute Gasteiger partial charge is 0.381 e. The van der Waals surface area contributed by atoms with E-state index in [1.165, 1.54) is 24.3 Å². The van der Waals surface area contributed by atoms with Gasteiger partial charge in [0.05, 0.1) is 16.7 Å². The summed E-state index contributed by atoms with van der Waals surface area (Å²) < 4.78 is 77.0. The van der Waals surface area contributed by atoms with Crippen LogP contribution in [0.5, 0.6) is 0 Å². The van der Waals surface area contributed by atoms with Gasteiger partial charge in [-0.15, -0.1) is 0 Å². The highest BCUT2D eigenvalue weighted by atomic mass is 35.5. The molecule has 0 saturated heterocycles. The molecule has 0 bridgehead atoms. The minimum Gasteiger partial charge on any atom is -0.381 e. The van der Waals surface area contributed by atoms with Crippen LogP contribution in [0.25, 0.3) is 6.08 Å². The Bertz CT molecular complexity index is 918. The van der Waals surface area contributed by atoms with E-state index in [-0.39, 0.29) is 11.6 Å². The van der Waals surface area contributed by atoms with Crippen LogP contribution in [-0.2, 0) is 17.2 Å². The predicted molar refractivity (Wildman–Crippen MR) is 94.0 cm³/mol. The van der Waals surface area contributed by atoms with Gasteiger partial charge in [-0.05, 0) is 54.1 Å². The van der Waals surface area contributed by atoms with Crippen molar-refractivity contribution in [1.29, 1.82) is 0 Å². The van der Waals surface area contributed by atoms with Crippen LogP contribution in [0.2, 0.25) is 5.02 Å². The first-order valence-corrected chi connectivity index (χ1v) is 8.02. The van der Waals surface area contributed by atoms with Gasteiger partial charge in [-0.1, -0.05) is 22.8 Å². The van der Waals surface area contributed by atoms with Gasteiger partial charge >= 0.3 is 18.3 Å². The number of hydrogen-bond acceptors (Lipinski definition) is 3. The Morgan fingerprint density at radius 1 is 0.966 bits per heavy atom. The molecule has 11 heteroatoms. The van der Waals surface area contributed by atoms with Gasteiger partial charge in [-0.2, -0.15) is 26.3 Å². The number of nitrogens with zero attached hydrogens (tertiary/aromatic N) is 1. The maximum Gasteiger partial charge on any atom is 0.416 e. The Kier molecular flexibility index (Phi) is 6.58. The van der Waals surface area contributed by atoms with Crippen LogP contribution in [0.15, 0.2) is 53.7 Å². The third kappa shape index (κ3) is 6.53. The average molecular weight is 437 g/mol. The van der Waals surface area contributed by atoms with E-state index in [1.54, 1.807) is 0 Å². The monoisotopic (exact) mass is 436 g/mol. The second-order valence-electron chi connectivity index (χ2n) is 5.57. The number of carbonyl (C=O) groups excluding carboxylic acids is 1. The molecular weight excluding hydrogens is 426 g/mol. The lowest BCUT2D eigenvalue weighted by Crippen LogP contribution is -2.12. The number of nitrogens with two attached hydrogens (primary N) is 1. The van der Waals surface area contributed by atoms with E-state index in [0.717, 1.165) is 12.2 Å². The molecule has 29 heavy (non-hydrogen) atoms. The summed E-state index contributed by atoms with van der Waals surface area (Å²) >= 11 is 5.67. The van der Waals surface area contributed by atoms with Gasteiger partial charge in [-0.25, -0.2) is 4.79 Å². The minimum absolute atomic E-state index is 0.00266. The molecule has 0 spiro atoms. The van der Waals surface area contributed by atoms with Gasteiger partial charge < -0.3 is 10.6 Å². The van der Waals surface area contributed by atoms with Crippen molar-refractivity contribution in [2.75, 3.05) is 0 Å². The molecule has 0 aliphatic heterocycles. The number of benzene rings is 2. The molecule has 0 aliphatic carbocycles. The fourth-order valence-corrected chi connectivity index (χ4v) is 2.15. The zero-order chi connectivity index (χ0) is 21.8. The van der Waals surface area contributed by atoms with Crippen LogP contribution >= 0.6 is 11.6 Å². The van der Waals surface area contributed by atoms with Crippen LogP contribution in [0.1, 0.15) is 27.0 Å². The first-order chi connectivity index (χ1) is 13.4. The normalized spacial score (nSPS) is 13.0. The summed E-state index contributed by atoms with van der Waals surface area (Å²) in [5.74, 6) is -1.35. The summed E-state index contributed by atoms with van der Waals surface area (Å²) in [6, 6.07) is 6.59. The summed E-state index contributed by atoms with van der Waals surface area (Å²) in [7, 11) is 0. The van der Waals surface area contributed by atoms with Gasteiger partial charge in [0.1, 0.15) is 0 Å². The second kappa shape index (κ2) is 8.56. The van der Waals surface area contributed by atoms with E-state index in [0.29, 0.717) is 17.2 Å². The van der Waals surface area contributed by atoms with Crippen molar-refractivity contribution in [3.8, 4) is 0 Å². The molecule has 0 radical (unpaired) electrons. The standard InChI is InChI=1S/C18H11ClF6N2O2/c19-14-4-2-11(3-5-14)16(28)29-27-15(26)6-1-10-7-12(17(20,21)22)9-13(8-10)18(23,24)25/h1-9H,(H2,26,27). The third-order valence-corrected chi connectivity index (χ3v) is 3.62. The van der Waals surface area contributed by atoms with E-state index >= 15 is 0 Å². The van der Waals surface area contributed by atoms with E-state index in [9.17, 15) is 31.1 Å². The average Bonchev–Trinajstić information content (AvgIpc) is 2.63. The number of halogens is 7. The number of hydrogen-bond donors (Lipinski definition) is 1. The minimum atomic E-state index is -4.97. The van der Waals surface area contributed by atoms with Crippen molar-refractivity contribution in [3.05, 3.63) is 75.8 Å². The van der Waals surface area contributed by atoms with Gasteiger partial charge in [-0.3, -0.25) is 0 Å². The maximum atomic E-state index is 12.8. The predicted octanol–water partition coefficient (Wildman–Crippen LogP) is 5.52. The van der Waals surface area contributed by atoms with E-state index in [4.69, 9.17) is 17.3 Å². The molecular formula is C18H11ClF6N2O2.